The molecule has 1 fully saturated rings. The van der Waals surface area contributed by atoms with E-state index in [1.807, 2.05) is 0 Å². The highest BCUT2D eigenvalue weighted by molar-refractivity contribution is 5.84. The van der Waals surface area contributed by atoms with Crippen LogP contribution in [0.4, 0.5) is 11.8 Å². The Hall–Kier alpha value is -2.23. The third kappa shape index (κ3) is 2.93. The third-order valence-corrected chi connectivity index (χ3v) is 3.95. The van der Waals surface area contributed by atoms with Gasteiger partial charge in [0.25, 0.3) is 0 Å². The van der Waals surface area contributed by atoms with E-state index >= 15 is 0 Å². The van der Waals surface area contributed by atoms with Gasteiger partial charge >= 0.3 is 0 Å². The molecular weight excluding hydrogens is 312 g/mol. The smallest absolute Gasteiger partial charge is 0.224 e. The van der Waals surface area contributed by atoms with E-state index in [-0.39, 0.29) is 12.1 Å². The second-order valence-electron chi connectivity index (χ2n) is 6.05. The Morgan fingerprint density at radius 2 is 2.42 bits per heavy atom. The highest BCUT2D eigenvalue weighted by Gasteiger charge is 2.45. The molecule has 2 aromatic heterocycles. The number of fused-ring (bicyclic) bond motifs is 1. The van der Waals surface area contributed by atoms with Crippen LogP contribution in [0.1, 0.15) is 19.6 Å². The minimum absolute atomic E-state index is 0.113. The van der Waals surface area contributed by atoms with Crippen LogP contribution in [0.15, 0.2) is 19.0 Å². The van der Waals surface area contributed by atoms with E-state index in [9.17, 15) is 5.11 Å². The lowest BCUT2D eigenvalue weighted by molar-refractivity contribution is -0.0878. The molecule has 130 valence electrons. The van der Waals surface area contributed by atoms with E-state index in [4.69, 9.17) is 15.2 Å². The number of nitrogen functional groups attached to an aromatic ring is 1. The number of hydrogen-bond donors (Lipinski definition) is 3. The van der Waals surface area contributed by atoms with Crippen LogP contribution in [0.3, 0.4) is 0 Å². The van der Waals surface area contributed by atoms with Gasteiger partial charge in [0.15, 0.2) is 23.2 Å². The van der Waals surface area contributed by atoms with Gasteiger partial charge in [-0.15, -0.1) is 6.58 Å². The predicted molar refractivity (Wildman–Crippen MR) is 89.4 cm³/mol. The topological polar surface area (TPSA) is 120 Å². The standard InChI is InChI=1S/C15H22N6O3/c1-4-5-17-11-10-12(20-14(16)19-11)21(8-18-10)13-15(2,22)6-9(24-13)7-23-3/h4,8-9,13,22H,1,5-7H2,2-3H3,(H3,16,17,19,20)/t9-,13+,15+/m0/s1. The van der Waals surface area contributed by atoms with Crippen LogP contribution in [0.2, 0.25) is 0 Å². The van der Waals surface area contributed by atoms with Crippen molar-refractivity contribution < 1.29 is 14.6 Å². The Morgan fingerprint density at radius 3 is 3.12 bits per heavy atom. The Morgan fingerprint density at radius 1 is 1.62 bits per heavy atom. The molecule has 9 heteroatoms. The van der Waals surface area contributed by atoms with Crippen molar-refractivity contribution in [3.8, 4) is 0 Å². The number of nitrogens with two attached hydrogens (primary N) is 1. The van der Waals surface area contributed by atoms with Gasteiger partial charge in [-0.25, -0.2) is 4.98 Å². The molecule has 9 nitrogen and oxygen atoms in total. The number of anilines is 2. The van der Waals surface area contributed by atoms with Crippen molar-refractivity contribution in [1.29, 1.82) is 0 Å². The van der Waals surface area contributed by atoms with Crippen molar-refractivity contribution in [3.63, 3.8) is 0 Å². The Labute approximate surface area is 139 Å². The lowest BCUT2D eigenvalue weighted by Crippen LogP contribution is -2.32. The summed E-state index contributed by atoms with van der Waals surface area (Å²) in [5.41, 5.74) is 5.79. The molecule has 3 atom stereocenters. The number of rotatable bonds is 6. The summed E-state index contributed by atoms with van der Waals surface area (Å²) < 4.78 is 12.8. The van der Waals surface area contributed by atoms with E-state index < -0.39 is 11.8 Å². The first kappa shape index (κ1) is 16.6. The number of ether oxygens (including phenoxy) is 2. The second-order valence-corrected chi connectivity index (χ2v) is 6.05. The molecule has 3 heterocycles. The molecule has 0 radical (unpaired) electrons. The second kappa shape index (κ2) is 6.34. The average Bonchev–Trinajstić information content (AvgIpc) is 3.05. The van der Waals surface area contributed by atoms with Crippen molar-refractivity contribution >= 4 is 22.9 Å². The van der Waals surface area contributed by atoms with Crippen LogP contribution >= 0.6 is 0 Å². The van der Waals surface area contributed by atoms with Crippen molar-refractivity contribution in [1.82, 2.24) is 19.5 Å². The molecule has 0 aliphatic carbocycles. The zero-order chi connectivity index (χ0) is 17.3. The monoisotopic (exact) mass is 334 g/mol. The van der Waals surface area contributed by atoms with Gasteiger partial charge in [0, 0.05) is 20.1 Å². The summed E-state index contributed by atoms with van der Waals surface area (Å²) in [5, 5.41) is 13.8. The SMILES string of the molecule is C=CCNc1nc(N)nc2c1ncn2[C@@H]1O[C@H](COC)C[C@@]1(C)O. The third-order valence-electron chi connectivity index (χ3n) is 3.95. The molecule has 2 aromatic rings. The summed E-state index contributed by atoms with van der Waals surface area (Å²) in [5.74, 6) is 0.629. The number of methoxy groups -OCH3 is 1. The first-order valence-corrected chi connectivity index (χ1v) is 7.68. The summed E-state index contributed by atoms with van der Waals surface area (Å²) in [6.45, 7) is 6.31. The van der Waals surface area contributed by atoms with Gasteiger partial charge in [-0.05, 0) is 6.92 Å². The largest absolute Gasteiger partial charge is 0.385 e. The maximum atomic E-state index is 10.7. The normalized spacial score (nSPS) is 26.8. The summed E-state index contributed by atoms with van der Waals surface area (Å²) in [4.78, 5) is 12.8. The van der Waals surface area contributed by atoms with Gasteiger partial charge in [-0.2, -0.15) is 9.97 Å². The summed E-state index contributed by atoms with van der Waals surface area (Å²) in [6, 6.07) is 0. The fraction of sp³-hybridized carbons (Fsp3) is 0.533. The molecule has 0 unspecified atom stereocenters. The number of nitrogens with one attached hydrogen (secondary N) is 1. The highest BCUT2D eigenvalue weighted by Crippen LogP contribution is 2.39. The van der Waals surface area contributed by atoms with Crippen LogP contribution in [0, 0.1) is 0 Å². The fourth-order valence-corrected chi connectivity index (χ4v) is 2.99. The van der Waals surface area contributed by atoms with Gasteiger partial charge in [0.2, 0.25) is 5.95 Å². The molecule has 0 spiro atoms. The van der Waals surface area contributed by atoms with Crippen LogP contribution in [-0.2, 0) is 9.47 Å². The molecule has 0 saturated carbocycles. The van der Waals surface area contributed by atoms with E-state index in [0.717, 1.165) is 0 Å². The van der Waals surface area contributed by atoms with Crippen molar-refractivity contribution in [2.75, 3.05) is 31.3 Å². The summed E-state index contributed by atoms with van der Waals surface area (Å²) >= 11 is 0. The fourth-order valence-electron chi connectivity index (χ4n) is 2.99. The molecular formula is C15H22N6O3. The maximum Gasteiger partial charge on any atom is 0.224 e. The molecule has 4 N–H and O–H groups in total. The molecule has 1 aliphatic heterocycles. The van der Waals surface area contributed by atoms with Gasteiger partial charge in [-0.3, -0.25) is 4.57 Å². The van der Waals surface area contributed by atoms with Gasteiger partial charge in [-0.1, -0.05) is 6.08 Å². The molecule has 0 amide bonds. The number of aliphatic hydroxyl groups is 1. The lowest BCUT2D eigenvalue weighted by Gasteiger charge is -2.25. The van der Waals surface area contributed by atoms with Crippen molar-refractivity contribution in [2.45, 2.75) is 31.3 Å². The Bertz CT molecular complexity index is 744. The minimum Gasteiger partial charge on any atom is -0.385 e. The number of aromatic nitrogens is 4. The van der Waals surface area contributed by atoms with E-state index in [1.54, 1.807) is 31.0 Å². The Balaban J connectivity index is 2.01. The van der Waals surface area contributed by atoms with E-state index in [2.05, 4.69) is 26.8 Å². The predicted octanol–water partition coefficient (Wildman–Crippen LogP) is 0.691. The zero-order valence-electron chi connectivity index (χ0n) is 13.8. The van der Waals surface area contributed by atoms with Crippen molar-refractivity contribution in [3.05, 3.63) is 19.0 Å². The van der Waals surface area contributed by atoms with Gasteiger partial charge < -0.3 is 25.6 Å². The van der Waals surface area contributed by atoms with Crippen LogP contribution in [0.25, 0.3) is 11.2 Å². The summed E-state index contributed by atoms with van der Waals surface area (Å²) in [7, 11) is 1.60. The van der Waals surface area contributed by atoms with Crippen LogP contribution in [-0.4, -0.2) is 56.6 Å². The van der Waals surface area contributed by atoms with E-state index in [1.165, 1.54) is 0 Å². The molecule has 1 saturated heterocycles. The van der Waals surface area contributed by atoms with Gasteiger partial charge in [0.1, 0.15) is 5.60 Å². The van der Waals surface area contributed by atoms with Crippen LogP contribution in [0.5, 0.6) is 0 Å². The molecule has 0 bridgehead atoms. The highest BCUT2D eigenvalue weighted by atomic mass is 16.6. The lowest BCUT2D eigenvalue weighted by atomic mass is 10.0. The molecule has 1 aliphatic rings. The first-order chi connectivity index (χ1) is 11.5. The summed E-state index contributed by atoms with van der Waals surface area (Å²) in [6.07, 6.45) is 2.90. The average molecular weight is 334 g/mol. The van der Waals surface area contributed by atoms with Crippen LogP contribution < -0.4 is 11.1 Å². The van der Waals surface area contributed by atoms with E-state index in [0.29, 0.717) is 36.6 Å². The minimum atomic E-state index is -1.08. The number of nitrogens with zero attached hydrogens (tertiary/aromatic N) is 4. The zero-order valence-corrected chi connectivity index (χ0v) is 13.8. The van der Waals surface area contributed by atoms with Gasteiger partial charge in [0.05, 0.1) is 19.0 Å². The molecule has 3 rings (SSSR count). The number of imidazole rings is 1. The van der Waals surface area contributed by atoms with Crippen molar-refractivity contribution in [2.24, 2.45) is 0 Å². The number of hydrogen-bond acceptors (Lipinski definition) is 8. The maximum absolute atomic E-state index is 10.7. The molecule has 0 aromatic carbocycles. The first-order valence-electron chi connectivity index (χ1n) is 7.68. The molecule has 24 heavy (non-hydrogen) atoms. The quantitative estimate of drug-likeness (QED) is 0.660. The Kier molecular flexibility index (Phi) is 4.39.